The number of nitrogens with zero attached hydrogens (tertiary/aromatic N) is 2. The van der Waals surface area contributed by atoms with E-state index >= 15 is 4.39 Å². The number of piperidine rings is 1. The molecule has 5 rings (SSSR count). The van der Waals surface area contributed by atoms with Crippen molar-refractivity contribution in [1.82, 2.24) is 15.1 Å². The van der Waals surface area contributed by atoms with Crippen LogP contribution in [0.1, 0.15) is 81.0 Å². The van der Waals surface area contributed by atoms with Gasteiger partial charge in [-0.3, -0.25) is 14.5 Å². The third-order valence-corrected chi connectivity index (χ3v) is 10.4. The molecule has 3 fully saturated rings. The second kappa shape index (κ2) is 13.1. The second-order valence-electron chi connectivity index (χ2n) is 12.7. The molecular weight excluding hydrogens is 563 g/mol. The van der Waals surface area contributed by atoms with Crippen molar-refractivity contribution in [3.8, 4) is 0 Å². The van der Waals surface area contributed by atoms with E-state index in [1.807, 2.05) is 24.8 Å². The molecule has 9 heteroatoms. The van der Waals surface area contributed by atoms with Crippen molar-refractivity contribution >= 4 is 23.4 Å². The molecule has 0 radical (unpaired) electrons. The highest BCUT2D eigenvalue weighted by atomic mass is 35.5. The van der Waals surface area contributed by atoms with Gasteiger partial charge in [-0.15, -0.1) is 0 Å². The number of carbonyl (C=O) groups is 2. The number of rotatable bonds is 7. The van der Waals surface area contributed by atoms with E-state index in [0.717, 1.165) is 42.0 Å². The Balaban J connectivity index is 1.32. The van der Waals surface area contributed by atoms with Crippen molar-refractivity contribution in [3.63, 3.8) is 0 Å². The van der Waals surface area contributed by atoms with Gasteiger partial charge in [-0.1, -0.05) is 30.7 Å². The first kappa shape index (κ1) is 31.1. The highest BCUT2D eigenvalue weighted by Gasteiger charge is 2.48. The van der Waals surface area contributed by atoms with Crippen molar-refractivity contribution in [2.75, 3.05) is 26.2 Å². The molecule has 42 heavy (non-hydrogen) atoms. The smallest absolute Gasteiger partial charge is 0.226 e. The third kappa shape index (κ3) is 6.59. The van der Waals surface area contributed by atoms with E-state index in [1.54, 1.807) is 6.08 Å². The average molecular weight is 606 g/mol. The molecule has 230 valence electrons. The zero-order chi connectivity index (χ0) is 30.1. The lowest BCUT2D eigenvalue weighted by Gasteiger charge is -2.37. The number of nitrogens with one attached hydrogen (secondary N) is 1. The summed E-state index contributed by atoms with van der Waals surface area (Å²) in [7, 11) is 0. The number of hydrogen-bond donors (Lipinski definition) is 1. The molecule has 2 heterocycles. The molecule has 0 bridgehead atoms. The van der Waals surface area contributed by atoms with E-state index in [0.29, 0.717) is 50.5 Å². The highest BCUT2D eigenvalue weighted by Crippen LogP contribution is 2.46. The molecule has 2 aliphatic heterocycles. The van der Waals surface area contributed by atoms with Gasteiger partial charge in [0.2, 0.25) is 11.8 Å². The molecule has 1 aromatic carbocycles. The Hall–Kier alpha value is -2.32. The number of hydrogen-bond acceptors (Lipinski definition) is 3. The van der Waals surface area contributed by atoms with Gasteiger partial charge in [-0.25, -0.2) is 13.2 Å². The normalized spacial score (nSPS) is 31.3. The van der Waals surface area contributed by atoms with Gasteiger partial charge in [-0.2, -0.15) is 0 Å². The lowest BCUT2D eigenvalue weighted by Crippen LogP contribution is -2.44. The Kier molecular flexibility index (Phi) is 9.73. The highest BCUT2D eigenvalue weighted by molar-refractivity contribution is 6.31. The minimum Gasteiger partial charge on any atom is -0.350 e. The first-order chi connectivity index (χ1) is 20.0. The van der Waals surface area contributed by atoms with Crippen molar-refractivity contribution in [2.24, 2.45) is 17.8 Å². The van der Waals surface area contributed by atoms with Crippen LogP contribution >= 0.6 is 11.6 Å². The topological polar surface area (TPSA) is 52.7 Å². The maximum absolute atomic E-state index is 15.1. The zero-order valence-electron chi connectivity index (χ0n) is 24.8. The Morgan fingerprint density at radius 2 is 1.86 bits per heavy atom. The number of aryl methyl sites for hydroxylation is 1. The van der Waals surface area contributed by atoms with Crippen molar-refractivity contribution in [3.05, 3.63) is 57.9 Å². The molecule has 1 saturated carbocycles. The van der Waals surface area contributed by atoms with E-state index < -0.39 is 24.1 Å². The molecule has 7 atom stereocenters. The van der Waals surface area contributed by atoms with Gasteiger partial charge in [0.05, 0.1) is 6.04 Å². The summed E-state index contributed by atoms with van der Waals surface area (Å²) in [5, 5.41) is 3.76. The lowest BCUT2D eigenvalue weighted by molar-refractivity contribution is -0.138. The average Bonchev–Trinajstić information content (AvgIpc) is 3.59. The van der Waals surface area contributed by atoms with Crippen LogP contribution in [-0.2, 0) is 9.59 Å². The van der Waals surface area contributed by atoms with Crippen LogP contribution in [0.25, 0.3) is 0 Å². The number of benzene rings is 1. The van der Waals surface area contributed by atoms with Gasteiger partial charge in [0.25, 0.3) is 0 Å². The predicted octanol–water partition coefficient (Wildman–Crippen LogP) is 6.76. The molecule has 2 saturated heterocycles. The van der Waals surface area contributed by atoms with E-state index in [1.165, 1.54) is 13.0 Å². The molecular formula is C33H43ClF3N3O2. The van der Waals surface area contributed by atoms with E-state index in [2.05, 4.69) is 16.3 Å². The van der Waals surface area contributed by atoms with Crippen LogP contribution in [0.3, 0.4) is 0 Å². The van der Waals surface area contributed by atoms with Crippen LogP contribution in [-0.4, -0.2) is 66.2 Å². The number of amides is 2. The van der Waals surface area contributed by atoms with Crippen LogP contribution in [0.5, 0.6) is 0 Å². The number of likely N-dealkylation sites (tertiary alicyclic amines) is 2. The number of allylic oxidation sites excluding steroid dienone is 4. The monoisotopic (exact) mass is 605 g/mol. The third-order valence-electron chi connectivity index (χ3n) is 10.0. The fourth-order valence-electron chi connectivity index (χ4n) is 7.80. The van der Waals surface area contributed by atoms with Crippen molar-refractivity contribution < 1.29 is 22.8 Å². The summed E-state index contributed by atoms with van der Waals surface area (Å²) in [6, 6.07) is 4.00. The molecule has 0 aromatic heterocycles. The molecule has 0 spiro atoms. The summed E-state index contributed by atoms with van der Waals surface area (Å²) in [6.07, 6.45) is 5.50. The minimum atomic E-state index is -1.48. The largest absolute Gasteiger partial charge is 0.350 e. The number of alkyl halides is 2. The van der Waals surface area contributed by atoms with Gasteiger partial charge in [-0.05, 0) is 92.2 Å². The van der Waals surface area contributed by atoms with Crippen LogP contribution < -0.4 is 5.32 Å². The standard InChI is InChI=1S/C33H43ClF3N3O2/c1-4-32(38-20(3)41)28-13-19(2)30(34)17-26(28)21-7-10-39(11-8-21)33(42)29-16-24(40-12-9-23(36)18-40)15-27(29)25-6-5-22(35)14-31(25)37/h5-6,13-14,17,21,23-25,27,29,31-32H,4,7-12,15-16,18H2,1-3H3,(H,38,41)/t23-,24+,25?,27-,29+,31?,32-/m0/s1. The Morgan fingerprint density at radius 1 is 1.12 bits per heavy atom. The Bertz CT molecular complexity index is 1230. The molecule has 2 aliphatic carbocycles. The number of halogens is 4. The fourth-order valence-corrected chi connectivity index (χ4v) is 7.97. The van der Waals surface area contributed by atoms with Crippen LogP contribution in [0, 0.1) is 24.7 Å². The van der Waals surface area contributed by atoms with Gasteiger partial charge < -0.3 is 10.2 Å². The molecule has 2 amide bonds. The SMILES string of the molecule is CC[C@H](NC(C)=O)c1cc(C)c(Cl)cc1C1CCN(C(=O)[C@@H]2C[C@H](N3CC[C@H](F)C3)C[C@H]2C2C=CC(F)=CC2F)CC1. The van der Waals surface area contributed by atoms with Crippen molar-refractivity contribution in [1.29, 1.82) is 0 Å². The summed E-state index contributed by atoms with van der Waals surface area (Å²) in [5.74, 6) is -1.67. The summed E-state index contributed by atoms with van der Waals surface area (Å²) in [5.41, 5.74) is 3.16. The molecule has 5 nitrogen and oxygen atoms in total. The van der Waals surface area contributed by atoms with Gasteiger partial charge >= 0.3 is 0 Å². The van der Waals surface area contributed by atoms with Crippen LogP contribution in [0.15, 0.2) is 36.2 Å². The van der Waals surface area contributed by atoms with Crippen LogP contribution in [0.2, 0.25) is 5.02 Å². The fraction of sp³-hybridized carbons (Fsp3) is 0.636. The first-order valence-corrected chi connectivity index (χ1v) is 15.9. The van der Waals surface area contributed by atoms with Crippen molar-refractivity contribution in [2.45, 2.75) is 89.6 Å². The lowest BCUT2D eigenvalue weighted by atomic mass is 9.78. The van der Waals surface area contributed by atoms with Gasteiger partial charge in [0.1, 0.15) is 18.2 Å². The van der Waals surface area contributed by atoms with Gasteiger partial charge in [0.15, 0.2) is 0 Å². The second-order valence-corrected chi connectivity index (χ2v) is 13.1. The van der Waals surface area contributed by atoms with E-state index in [-0.39, 0.29) is 41.7 Å². The predicted molar refractivity (Wildman–Crippen MR) is 159 cm³/mol. The zero-order valence-corrected chi connectivity index (χ0v) is 25.6. The number of carbonyl (C=O) groups excluding carboxylic acids is 2. The molecule has 4 aliphatic rings. The quantitative estimate of drug-likeness (QED) is 0.374. The summed E-state index contributed by atoms with van der Waals surface area (Å²) >= 11 is 6.57. The first-order valence-electron chi connectivity index (χ1n) is 15.5. The van der Waals surface area contributed by atoms with Crippen LogP contribution in [0.4, 0.5) is 13.2 Å². The van der Waals surface area contributed by atoms with E-state index in [4.69, 9.17) is 11.6 Å². The summed E-state index contributed by atoms with van der Waals surface area (Å²) < 4.78 is 42.9. The maximum atomic E-state index is 15.1. The summed E-state index contributed by atoms with van der Waals surface area (Å²) in [6.45, 7) is 7.69. The Morgan fingerprint density at radius 3 is 2.48 bits per heavy atom. The summed E-state index contributed by atoms with van der Waals surface area (Å²) in [4.78, 5) is 30.0. The van der Waals surface area contributed by atoms with E-state index in [9.17, 15) is 18.4 Å². The molecule has 1 aromatic rings. The maximum Gasteiger partial charge on any atom is 0.226 e. The minimum absolute atomic E-state index is 0.0237. The Labute approximate surface area is 252 Å². The van der Waals surface area contributed by atoms with Gasteiger partial charge in [0, 0.05) is 56.0 Å². The molecule has 2 unspecified atom stereocenters. The molecule has 1 N–H and O–H groups in total.